The molecule has 5 nitrogen and oxygen atoms in total. The summed E-state index contributed by atoms with van der Waals surface area (Å²) in [6.07, 6.45) is 19.2. The number of nitrogens with zero attached hydrogens (tertiary/aromatic N) is 1. The lowest BCUT2D eigenvalue weighted by atomic mass is 9.44. The highest BCUT2D eigenvalue weighted by atomic mass is 16.5. The summed E-state index contributed by atoms with van der Waals surface area (Å²) in [5, 5.41) is 22.2. The molecule has 3 fully saturated rings. The fourth-order valence-corrected chi connectivity index (χ4v) is 6.15. The van der Waals surface area contributed by atoms with Gasteiger partial charge in [-0.15, -0.1) is 0 Å². The third kappa shape index (κ3) is 8.68. The number of esters is 1. The van der Waals surface area contributed by atoms with E-state index in [1.807, 2.05) is 13.0 Å². The summed E-state index contributed by atoms with van der Waals surface area (Å²) in [6.45, 7) is 12.1. The summed E-state index contributed by atoms with van der Waals surface area (Å²) in [4.78, 5) is 17.5. The van der Waals surface area contributed by atoms with Crippen molar-refractivity contribution in [3.8, 4) is 0 Å². The average molecular weight is 506 g/mol. The van der Waals surface area contributed by atoms with Crippen molar-refractivity contribution in [3.05, 3.63) is 12.2 Å². The molecule has 208 valence electrons. The van der Waals surface area contributed by atoms with Crippen LogP contribution in [-0.4, -0.2) is 45.7 Å². The summed E-state index contributed by atoms with van der Waals surface area (Å²) in [5.41, 5.74) is -0.358. The van der Waals surface area contributed by atoms with E-state index in [4.69, 9.17) is 4.74 Å². The number of carbonyl (C=O) groups is 1. The van der Waals surface area contributed by atoms with Gasteiger partial charge in [0.2, 0.25) is 0 Å². The van der Waals surface area contributed by atoms with Gasteiger partial charge in [0.15, 0.2) is 6.04 Å². The largest absolute Gasteiger partial charge is 0.461 e. The topological polar surface area (TPSA) is 79.1 Å². The monoisotopic (exact) mass is 505 g/mol. The van der Waals surface area contributed by atoms with Crippen molar-refractivity contribution in [2.24, 2.45) is 22.2 Å². The van der Waals surface area contributed by atoms with Crippen LogP contribution in [0.4, 0.5) is 0 Å². The zero-order chi connectivity index (χ0) is 26.8. The normalized spacial score (nSPS) is 27.9. The molecule has 0 heterocycles. The summed E-state index contributed by atoms with van der Waals surface area (Å²) in [6, 6.07) is -1.04. The van der Waals surface area contributed by atoms with Crippen LogP contribution in [0.2, 0.25) is 0 Å². The number of rotatable bonds is 17. The van der Waals surface area contributed by atoms with Crippen molar-refractivity contribution in [2.75, 3.05) is 0 Å². The highest BCUT2D eigenvalue weighted by molar-refractivity contribution is 5.96. The van der Waals surface area contributed by atoms with Crippen LogP contribution >= 0.6 is 0 Å². The van der Waals surface area contributed by atoms with Gasteiger partial charge in [-0.3, -0.25) is 4.99 Å². The first-order chi connectivity index (χ1) is 17.0. The predicted molar refractivity (Wildman–Crippen MR) is 149 cm³/mol. The quantitative estimate of drug-likeness (QED) is 0.125. The maximum absolute atomic E-state index is 12.8. The van der Waals surface area contributed by atoms with Crippen LogP contribution in [0, 0.1) is 17.3 Å². The maximum Gasteiger partial charge on any atom is 0.334 e. The average Bonchev–Trinajstić information content (AvgIpc) is 2.79. The first-order valence-electron chi connectivity index (χ1n) is 14.9. The number of ether oxygens (including phenoxy) is 1. The molecule has 0 aromatic carbocycles. The molecule has 36 heavy (non-hydrogen) atoms. The fraction of sp³-hybridized carbons (Fsp3) is 0.871. The predicted octanol–water partition coefficient (Wildman–Crippen LogP) is 7.18. The lowest BCUT2D eigenvalue weighted by molar-refractivity contribution is -0.151. The first-order valence-corrected chi connectivity index (χ1v) is 14.9. The Morgan fingerprint density at radius 3 is 2.08 bits per heavy atom. The SMILES string of the molecule is CCCCCCCCCCCCCC=C[C@@H](O)[C@H](N=C1C[C@@H]2C[C@@H](C2(C)C)[C@]1(C)O)C(=O)OC(C)C. The Balaban J connectivity index is 1.81. The number of aliphatic hydroxyl groups is 2. The zero-order valence-electron chi connectivity index (χ0n) is 24.1. The highest BCUT2D eigenvalue weighted by Gasteiger charge is 2.61. The van der Waals surface area contributed by atoms with Crippen molar-refractivity contribution >= 4 is 11.7 Å². The molecule has 0 radical (unpaired) electrons. The van der Waals surface area contributed by atoms with E-state index >= 15 is 0 Å². The van der Waals surface area contributed by atoms with Crippen LogP contribution < -0.4 is 0 Å². The Kier molecular flexibility index (Phi) is 12.6. The summed E-state index contributed by atoms with van der Waals surface area (Å²) >= 11 is 0. The van der Waals surface area contributed by atoms with Gasteiger partial charge < -0.3 is 14.9 Å². The molecule has 0 aromatic rings. The molecule has 2 bridgehead atoms. The number of hydrogen-bond donors (Lipinski definition) is 2. The Hall–Kier alpha value is -1.20. The molecule has 0 aromatic heterocycles. The van der Waals surface area contributed by atoms with Crippen molar-refractivity contribution < 1.29 is 19.7 Å². The van der Waals surface area contributed by atoms with Crippen molar-refractivity contribution in [3.63, 3.8) is 0 Å². The lowest BCUT2D eigenvalue weighted by Gasteiger charge is -2.62. The summed E-state index contributed by atoms with van der Waals surface area (Å²) < 4.78 is 5.42. The van der Waals surface area contributed by atoms with E-state index in [0.29, 0.717) is 18.1 Å². The van der Waals surface area contributed by atoms with Crippen LogP contribution in [0.5, 0.6) is 0 Å². The van der Waals surface area contributed by atoms with E-state index in [1.54, 1.807) is 19.9 Å². The van der Waals surface area contributed by atoms with Gasteiger partial charge >= 0.3 is 5.97 Å². The molecular formula is C31H55NO4. The number of aliphatic hydroxyl groups excluding tert-OH is 1. The van der Waals surface area contributed by atoms with Crippen LogP contribution in [0.15, 0.2) is 17.1 Å². The molecule has 3 saturated carbocycles. The molecule has 5 heteroatoms. The van der Waals surface area contributed by atoms with Gasteiger partial charge in [-0.2, -0.15) is 0 Å². The van der Waals surface area contributed by atoms with Gasteiger partial charge in [-0.25, -0.2) is 4.79 Å². The maximum atomic E-state index is 12.8. The molecule has 0 aliphatic heterocycles. The zero-order valence-corrected chi connectivity index (χ0v) is 24.1. The number of fused-ring (bicyclic) bond motifs is 2. The number of allylic oxidation sites excluding steroid dienone is 1. The second-order valence-electron chi connectivity index (χ2n) is 12.4. The Morgan fingerprint density at radius 1 is 1.03 bits per heavy atom. The van der Waals surface area contributed by atoms with Crippen LogP contribution in [0.25, 0.3) is 0 Å². The van der Waals surface area contributed by atoms with E-state index in [0.717, 1.165) is 19.3 Å². The van der Waals surface area contributed by atoms with E-state index in [2.05, 4.69) is 25.8 Å². The molecular weight excluding hydrogens is 450 g/mol. The fourth-order valence-electron chi connectivity index (χ4n) is 6.15. The van der Waals surface area contributed by atoms with E-state index in [-0.39, 0.29) is 17.4 Å². The van der Waals surface area contributed by atoms with Crippen LogP contribution in [0.3, 0.4) is 0 Å². The van der Waals surface area contributed by atoms with Gasteiger partial charge in [0.1, 0.15) is 11.7 Å². The highest BCUT2D eigenvalue weighted by Crippen LogP contribution is 2.61. The second-order valence-corrected chi connectivity index (χ2v) is 12.4. The van der Waals surface area contributed by atoms with E-state index in [9.17, 15) is 15.0 Å². The standard InChI is InChI=1S/C31H55NO4/c1-7-8-9-10-11-12-13-14-15-16-17-18-19-20-25(33)28(29(34)36-23(2)3)32-27-22-24-21-26(30(24,4)5)31(27,6)35/h19-20,23-26,28,33,35H,7-18,21-22H2,1-6H3/t24-,25+,26-,28-,31-/m0/s1. The Morgan fingerprint density at radius 2 is 1.58 bits per heavy atom. The van der Waals surface area contributed by atoms with E-state index < -0.39 is 23.7 Å². The van der Waals surface area contributed by atoms with Crippen molar-refractivity contribution in [1.82, 2.24) is 0 Å². The molecule has 0 unspecified atom stereocenters. The molecule has 5 atom stereocenters. The minimum absolute atomic E-state index is 0.0730. The first kappa shape index (κ1) is 31.0. The number of unbranched alkanes of at least 4 members (excludes halogenated alkanes) is 11. The summed E-state index contributed by atoms with van der Waals surface area (Å²) in [7, 11) is 0. The summed E-state index contributed by atoms with van der Waals surface area (Å²) in [5.74, 6) is 0.0497. The van der Waals surface area contributed by atoms with Gasteiger partial charge in [0, 0.05) is 5.71 Å². The Labute approximate surface area is 221 Å². The Bertz CT molecular complexity index is 724. The minimum Gasteiger partial charge on any atom is -0.461 e. The third-order valence-electron chi connectivity index (χ3n) is 8.69. The number of hydrogen-bond acceptors (Lipinski definition) is 5. The number of carbonyl (C=O) groups excluding carboxylic acids is 1. The molecule has 0 saturated heterocycles. The van der Waals surface area contributed by atoms with Gasteiger partial charge in [0.25, 0.3) is 0 Å². The van der Waals surface area contributed by atoms with Crippen LogP contribution in [0.1, 0.15) is 131 Å². The second kappa shape index (κ2) is 14.7. The van der Waals surface area contributed by atoms with Gasteiger partial charge in [-0.05, 0) is 63.7 Å². The molecule has 3 aliphatic carbocycles. The molecule has 0 amide bonds. The van der Waals surface area contributed by atoms with Gasteiger partial charge in [0.05, 0.1) is 6.10 Å². The van der Waals surface area contributed by atoms with Gasteiger partial charge in [-0.1, -0.05) is 97.1 Å². The van der Waals surface area contributed by atoms with Crippen molar-refractivity contribution in [1.29, 1.82) is 0 Å². The third-order valence-corrected chi connectivity index (χ3v) is 8.69. The van der Waals surface area contributed by atoms with Crippen LogP contribution in [-0.2, 0) is 9.53 Å². The minimum atomic E-state index is -1.06. The molecule has 3 rings (SSSR count). The van der Waals surface area contributed by atoms with E-state index in [1.165, 1.54) is 64.2 Å². The molecule has 2 N–H and O–H groups in total. The smallest absolute Gasteiger partial charge is 0.334 e. The molecule has 3 aliphatic rings. The number of aliphatic imine (C=N–C) groups is 1. The lowest BCUT2D eigenvalue weighted by Crippen LogP contribution is -2.65. The van der Waals surface area contributed by atoms with Crippen molar-refractivity contribution in [2.45, 2.75) is 155 Å². The molecule has 0 spiro atoms.